The van der Waals surface area contributed by atoms with Gasteiger partial charge in [-0.3, -0.25) is 0 Å². The monoisotopic (exact) mass is 277 g/mol. The molecule has 0 bridgehead atoms. The third kappa shape index (κ3) is 2.39. The number of carbonyl (C=O) groups is 1. The molecule has 1 atom stereocenters. The number of fused-ring (bicyclic) bond motifs is 1. The highest BCUT2D eigenvalue weighted by atomic mass is 19.4. The first kappa shape index (κ1) is 13.3. The summed E-state index contributed by atoms with van der Waals surface area (Å²) in [6.45, 7) is 0. The maximum atomic E-state index is 13.5. The Balaban J connectivity index is 2.61. The van der Waals surface area contributed by atoms with Crippen LogP contribution >= 0.6 is 0 Å². The average Bonchev–Trinajstić information content (AvgIpc) is 2.27. The minimum atomic E-state index is -4.75. The topological polar surface area (TPSA) is 69.6 Å². The first-order valence-corrected chi connectivity index (χ1v) is 5.00. The van der Waals surface area contributed by atoms with E-state index in [2.05, 4.69) is 5.32 Å². The summed E-state index contributed by atoms with van der Waals surface area (Å²) in [7, 11) is 0. The second-order valence-electron chi connectivity index (χ2n) is 3.87. The zero-order valence-electron chi connectivity index (χ0n) is 9.12. The van der Waals surface area contributed by atoms with Crippen LogP contribution in [0.5, 0.6) is 0 Å². The lowest BCUT2D eigenvalue weighted by atomic mass is 10.00. The SMILES string of the molecule is O=C(O)C1=Cc2cc(C(F)(F)F)cc(F)c2NC1O. The molecule has 0 radical (unpaired) electrons. The van der Waals surface area contributed by atoms with Crippen LogP contribution in [0.2, 0.25) is 0 Å². The molecular formula is C11H7F4NO3. The highest BCUT2D eigenvalue weighted by Crippen LogP contribution is 2.36. The molecule has 0 spiro atoms. The quantitative estimate of drug-likeness (QED) is 0.687. The zero-order chi connectivity index (χ0) is 14.4. The van der Waals surface area contributed by atoms with Crippen molar-refractivity contribution in [3.63, 3.8) is 0 Å². The van der Waals surface area contributed by atoms with Crippen LogP contribution in [0.25, 0.3) is 6.08 Å². The number of rotatable bonds is 1. The summed E-state index contributed by atoms with van der Waals surface area (Å²) in [4.78, 5) is 10.8. The molecule has 0 aromatic heterocycles. The number of alkyl halides is 3. The number of carboxylic acid groups (broad SMARTS) is 1. The van der Waals surface area contributed by atoms with E-state index in [1.807, 2.05) is 0 Å². The van der Waals surface area contributed by atoms with Gasteiger partial charge in [0.1, 0.15) is 5.82 Å². The summed E-state index contributed by atoms with van der Waals surface area (Å²) in [6.07, 6.45) is -5.63. The van der Waals surface area contributed by atoms with Crippen LogP contribution in [0.15, 0.2) is 17.7 Å². The Hall–Kier alpha value is -2.09. The predicted octanol–water partition coefficient (Wildman–Crippen LogP) is 2.06. The van der Waals surface area contributed by atoms with E-state index in [0.717, 1.165) is 6.08 Å². The third-order valence-corrected chi connectivity index (χ3v) is 2.58. The fourth-order valence-electron chi connectivity index (χ4n) is 1.70. The van der Waals surface area contributed by atoms with Gasteiger partial charge >= 0.3 is 12.1 Å². The molecule has 1 unspecified atom stereocenters. The molecule has 0 fully saturated rings. The molecule has 102 valence electrons. The molecule has 1 heterocycles. The van der Waals surface area contributed by atoms with Crippen LogP contribution in [-0.2, 0) is 11.0 Å². The van der Waals surface area contributed by atoms with E-state index in [1.165, 1.54) is 0 Å². The van der Waals surface area contributed by atoms with Crippen molar-refractivity contribution in [2.75, 3.05) is 5.32 Å². The van der Waals surface area contributed by atoms with Gasteiger partial charge in [-0.25, -0.2) is 9.18 Å². The van der Waals surface area contributed by atoms with Crippen LogP contribution in [0.4, 0.5) is 23.2 Å². The summed E-state index contributed by atoms with van der Waals surface area (Å²) in [5.41, 5.74) is -2.45. The number of aliphatic carboxylic acids is 1. The highest BCUT2D eigenvalue weighted by Gasteiger charge is 2.34. The van der Waals surface area contributed by atoms with Gasteiger partial charge in [0.05, 0.1) is 16.8 Å². The smallest absolute Gasteiger partial charge is 0.416 e. The van der Waals surface area contributed by atoms with Crippen molar-refractivity contribution < 1.29 is 32.6 Å². The van der Waals surface area contributed by atoms with Gasteiger partial charge in [0, 0.05) is 5.56 Å². The molecule has 0 saturated carbocycles. The summed E-state index contributed by atoms with van der Waals surface area (Å²) in [5.74, 6) is -2.73. The lowest BCUT2D eigenvalue weighted by molar-refractivity contribution is -0.137. The van der Waals surface area contributed by atoms with E-state index in [4.69, 9.17) is 5.11 Å². The molecule has 0 aliphatic carbocycles. The van der Waals surface area contributed by atoms with Gasteiger partial charge in [0.2, 0.25) is 0 Å². The van der Waals surface area contributed by atoms with Gasteiger partial charge in [-0.15, -0.1) is 0 Å². The Morgan fingerprint density at radius 2 is 1.95 bits per heavy atom. The van der Waals surface area contributed by atoms with Crippen molar-refractivity contribution in [1.29, 1.82) is 0 Å². The van der Waals surface area contributed by atoms with Gasteiger partial charge in [0.25, 0.3) is 0 Å². The molecule has 3 N–H and O–H groups in total. The molecule has 1 aromatic rings. The first-order chi connectivity index (χ1) is 8.70. The van der Waals surface area contributed by atoms with E-state index in [1.54, 1.807) is 0 Å². The summed E-state index contributed by atoms with van der Waals surface area (Å²) in [5, 5.41) is 20.2. The maximum Gasteiger partial charge on any atom is 0.416 e. The summed E-state index contributed by atoms with van der Waals surface area (Å²) in [6, 6.07) is 0.887. The number of hydrogen-bond donors (Lipinski definition) is 3. The zero-order valence-corrected chi connectivity index (χ0v) is 9.12. The summed E-state index contributed by atoms with van der Waals surface area (Å²) < 4.78 is 51.0. The van der Waals surface area contributed by atoms with Crippen LogP contribution in [0, 0.1) is 5.82 Å². The summed E-state index contributed by atoms with van der Waals surface area (Å²) >= 11 is 0. The fraction of sp³-hybridized carbons (Fsp3) is 0.182. The normalized spacial score (nSPS) is 18.4. The van der Waals surface area contributed by atoms with Crippen molar-refractivity contribution in [3.05, 3.63) is 34.6 Å². The predicted molar refractivity (Wildman–Crippen MR) is 56.6 cm³/mol. The Labute approximate surface area is 104 Å². The van der Waals surface area contributed by atoms with Gasteiger partial charge in [0.15, 0.2) is 6.23 Å². The van der Waals surface area contributed by atoms with Gasteiger partial charge in [-0.2, -0.15) is 13.2 Å². The molecule has 1 aliphatic heterocycles. The van der Waals surface area contributed by atoms with Crippen molar-refractivity contribution in [2.24, 2.45) is 0 Å². The van der Waals surface area contributed by atoms with E-state index in [0.29, 0.717) is 6.07 Å². The van der Waals surface area contributed by atoms with Gasteiger partial charge < -0.3 is 15.5 Å². The molecule has 0 amide bonds. The number of aliphatic hydroxyl groups is 1. The number of anilines is 1. The molecule has 8 heteroatoms. The Morgan fingerprint density at radius 3 is 2.47 bits per heavy atom. The molecule has 4 nitrogen and oxygen atoms in total. The van der Waals surface area contributed by atoms with Gasteiger partial charge in [-0.1, -0.05) is 0 Å². The standard InChI is InChI=1S/C11H7F4NO3/c12-7-3-5(11(13,14)15)1-4-2-6(10(18)19)9(17)16-8(4)7/h1-3,9,16-17H,(H,18,19). The number of nitrogens with one attached hydrogen (secondary N) is 1. The molecule has 2 rings (SSSR count). The average molecular weight is 277 g/mol. The number of carboxylic acids is 1. The minimum absolute atomic E-state index is 0.276. The van der Waals surface area contributed by atoms with Crippen LogP contribution in [0.3, 0.4) is 0 Å². The van der Waals surface area contributed by atoms with E-state index in [-0.39, 0.29) is 17.3 Å². The largest absolute Gasteiger partial charge is 0.478 e. The second-order valence-corrected chi connectivity index (χ2v) is 3.87. The molecular weight excluding hydrogens is 270 g/mol. The Morgan fingerprint density at radius 1 is 1.32 bits per heavy atom. The number of aliphatic hydroxyl groups excluding tert-OH is 1. The number of halogens is 4. The first-order valence-electron chi connectivity index (χ1n) is 5.00. The minimum Gasteiger partial charge on any atom is -0.478 e. The van der Waals surface area contributed by atoms with Crippen LogP contribution in [0.1, 0.15) is 11.1 Å². The van der Waals surface area contributed by atoms with E-state index < -0.39 is 35.3 Å². The lowest BCUT2D eigenvalue weighted by Gasteiger charge is -2.23. The van der Waals surface area contributed by atoms with Crippen LogP contribution < -0.4 is 5.32 Å². The third-order valence-electron chi connectivity index (χ3n) is 2.58. The Bertz CT molecular complexity index is 580. The van der Waals surface area contributed by atoms with Crippen molar-refractivity contribution in [3.8, 4) is 0 Å². The van der Waals surface area contributed by atoms with Crippen molar-refractivity contribution in [1.82, 2.24) is 0 Å². The lowest BCUT2D eigenvalue weighted by Crippen LogP contribution is -2.29. The number of hydrogen-bond acceptors (Lipinski definition) is 3. The Kier molecular flexibility index (Phi) is 2.97. The second kappa shape index (κ2) is 4.23. The van der Waals surface area contributed by atoms with E-state index >= 15 is 0 Å². The van der Waals surface area contributed by atoms with Crippen molar-refractivity contribution in [2.45, 2.75) is 12.4 Å². The van der Waals surface area contributed by atoms with Crippen LogP contribution in [-0.4, -0.2) is 22.4 Å². The van der Waals surface area contributed by atoms with Crippen molar-refractivity contribution >= 4 is 17.7 Å². The molecule has 19 heavy (non-hydrogen) atoms. The fourth-order valence-corrected chi connectivity index (χ4v) is 1.70. The maximum absolute atomic E-state index is 13.5. The molecule has 0 saturated heterocycles. The highest BCUT2D eigenvalue weighted by molar-refractivity contribution is 5.96. The number of benzene rings is 1. The van der Waals surface area contributed by atoms with Gasteiger partial charge in [-0.05, 0) is 18.2 Å². The molecule has 1 aromatic carbocycles. The van der Waals surface area contributed by atoms with E-state index in [9.17, 15) is 27.5 Å². The molecule has 1 aliphatic rings.